The second kappa shape index (κ2) is 9.20. The molecule has 0 unspecified atom stereocenters. The molecule has 0 spiro atoms. The van der Waals surface area contributed by atoms with Crippen LogP contribution in [0.1, 0.15) is 5.56 Å². The fraction of sp³-hybridized carbons (Fsp3) is 0. The van der Waals surface area contributed by atoms with Crippen molar-refractivity contribution in [2.45, 2.75) is 4.90 Å². The Bertz CT molecular complexity index is 1440. The number of barbiturate groups is 1. The fourth-order valence-corrected chi connectivity index (χ4v) is 4.45. The van der Waals surface area contributed by atoms with Gasteiger partial charge >= 0.3 is 16.1 Å². The van der Waals surface area contributed by atoms with E-state index in [4.69, 9.17) is 4.18 Å². The van der Waals surface area contributed by atoms with Gasteiger partial charge in [-0.15, -0.1) is 0 Å². The number of carbonyl (C=O) groups excluding carboxylic acids is 3. The lowest BCUT2D eigenvalue weighted by molar-refractivity contribution is -0.122. The monoisotopic (exact) mass is 544 g/mol. The van der Waals surface area contributed by atoms with Crippen LogP contribution in [0, 0.1) is 5.82 Å². The molecule has 11 heteroatoms. The highest BCUT2D eigenvalue weighted by molar-refractivity contribution is 9.10. The van der Waals surface area contributed by atoms with E-state index in [1.807, 2.05) is 5.32 Å². The number of imide groups is 2. The standard InChI is InChI=1S/C23H14BrFN2O6S/c24-15-6-11-20(33-34(31,32)18-4-2-1-3-5-18)14(12-15)13-19-21(28)26-23(30)27(22(19)29)17-9-7-16(25)8-10-17/h1-13H,(H,26,28,30)/b19-13+. The molecule has 4 rings (SSSR count). The SMILES string of the molecule is O=C1NC(=O)N(c2ccc(F)cc2)C(=O)/C1=C/c1cc(Br)ccc1OS(=O)(=O)c1ccccc1. The van der Waals surface area contributed by atoms with E-state index >= 15 is 0 Å². The van der Waals surface area contributed by atoms with Crippen molar-refractivity contribution in [3.63, 3.8) is 0 Å². The van der Waals surface area contributed by atoms with E-state index in [-0.39, 0.29) is 21.9 Å². The lowest BCUT2D eigenvalue weighted by Gasteiger charge is -2.26. The summed E-state index contributed by atoms with van der Waals surface area (Å²) in [5, 5.41) is 2.05. The molecule has 1 N–H and O–H groups in total. The lowest BCUT2D eigenvalue weighted by Crippen LogP contribution is -2.54. The van der Waals surface area contributed by atoms with Crippen LogP contribution in [0.25, 0.3) is 6.08 Å². The molecule has 172 valence electrons. The van der Waals surface area contributed by atoms with E-state index in [9.17, 15) is 27.2 Å². The number of urea groups is 1. The van der Waals surface area contributed by atoms with Crippen molar-refractivity contribution in [2.24, 2.45) is 0 Å². The van der Waals surface area contributed by atoms with E-state index in [0.717, 1.165) is 18.2 Å². The van der Waals surface area contributed by atoms with Crippen LogP contribution in [0.3, 0.4) is 0 Å². The van der Waals surface area contributed by atoms with Crippen molar-refractivity contribution in [2.75, 3.05) is 4.90 Å². The molecule has 1 aliphatic heterocycles. The third-order valence-corrected chi connectivity index (χ3v) is 6.43. The molecule has 1 fully saturated rings. The Kier molecular flexibility index (Phi) is 6.31. The van der Waals surface area contributed by atoms with Gasteiger partial charge in [0, 0.05) is 10.0 Å². The largest absolute Gasteiger partial charge is 0.378 e. The summed E-state index contributed by atoms with van der Waals surface area (Å²) in [5.74, 6) is -2.68. The first-order valence-corrected chi connectivity index (χ1v) is 11.8. The Morgan fingerprint density at radius 1 is 0.941 bits per heavy atom. The van der Waals surface area contributed by atoms with Crippen LogP contribution in [0.4, 0.5) is 14.9 Å². The molecule has 1 aliphatic rings. The number of rotatable bonds is 5. The van der Waals surface area contributed by atoms with Crippen LogP contribution in [0.2, 0.25) is 0 Å². The van der Waals surface area contributed by atoms with Crippen molar-refractivity contribution < 1.29 is 31.4 Å². The zero-order chi connectivity index (χ0) is 24.5. The molecule has 0 aromatic heterocycles. The van der Waals surface area contributed by atoms with Gasteiger partial charge in [0.05, 0.1) is 5.69 Å². The second-order valence-corrected chi connectivity index (χ2v) is 9.43. The summed E-state index contributed by atoms with van der Waals surface area (Å²) in [7, 11) is -4.21. The maximum atomic E-state index is 13.3. The number of hydrogen-bond donors (Lipinski definition) is 1. The fourth-order valence-electron chi connectivity index (χ4n) is 3.10. The van der Waals surface area contributed by atoms with Crippen molar-refractivity contribution in [3.8, 4) is 5.75 Å². The molecular formula is C23H14BrFN2O6S. The summed E-state index contributed by atoms with van der Waals surface area (Å²) in [5.41, 5.74) is -0.329. The minimum atomic E-state index is -4.21. The Hall–Kier alpha value is -3.83. The Morgan fingerprint density at radius 3 is 2.29 bits per heavy atom. The van der Waals surface area contributed by atoms with Gasteiger partial charge in [-0.2, -0.15) is 8.42 Å². The van der Waals surface area contributed by atoms with Gasteiger partial charge in [0.25, 0.3) is 11.8 Å². The van der Waals surface area contributed by atoms with Crippen molar-refractivity contribution in [1.29, 1.82) is 0 Å². The molecule has 4 amide bonds. The molecule has 0 radical (unpaired) electrons. The predicted octanol–water partition coefficient (Wildman–Crippen LogP) is 4.02. The molecule has 3 aromatic rings. The van der Waals surface area contributed by atoms with Gasteiger partial charge in [-0.25, -0.2) is 14.1 Å². The second-order valence-electron chi connectivity index (χ2n) is 6.97. The van der Waals surface area contributed by atoms with E-state index in [0.29, 0.717) is 9.37 Å². The average molecular weight is 545 g/mol. The Balaban J connectivity index is 1.75. The van der Waals surface area contributed by atoms with E-state index in [1.54, 1.807) is 6.07 Å². The first-order valence-electron chi connectivity index (χ1n) is 9.62. The Labute approximate surface area is 201 Å². The van der Waals surface area contributed by atoms with Crippen molar-refractivity contribution in [3.05, 3.63) is 94.2 Å². The molecule has 34 heavy (non-hydrogen) atoms. The molecule has 0 atom stereocenters. The zero-order valence-electron chi connectivity index (χ0n) is 17.1. The first-order chi connectivity index (χ1) is 16.2. The summed E-state index contributed by atoms with van der Waals surface area (Å²) in [6, 6.07) is 15.3. The van der Waals surface area contributed by atoms with Crippen LogP contribution >= 0.6 is 15.9 Å². The molecule has 0 aliphatic carbocycles. The quantitative estimate of drug-likeness (QED) is 0.295. The summed E-state index contributed by atoms with van der Waals surface area (Å²) in [4.78, 5) is 38.4. The number of amides is 4. The highest BCUT2D eigenvalue weighted by Gasteiger charge is 2.37. The molecule has 1 heterocycles. The molecule has 0 saturated carbocycles. The van der Waals surface area contributed by atoms with Crippen LogP contribution in [0.15, 0.2) is 87.7 Å². The van der Waals surface area contributed by atoms with Gasteiger partial charge in [-0.3, -0.25) is 14.9 Å². The number of hydrogen-bond acceptors (Lipinski definition) is 6. The van der Waals surface area contributed by atoms with Crippen LogP contribution in [-0.4, -0.2) is 26.3 Å². The number of nitrogens with one attached hydrogen (secondary N) is 1. The molecule has 8 nitrogen and oxygen atoms in total. The van der Waals surface area contributed by atoms with Crippen molar-refractivity contribution in [1.82, 2.24) is 5.32 Å². The highest BCUT2D eigenvalue weighted by Crippen LogP contribution is 2.30. The van der Waals surface area contributed by atoms with Gasteiger partial charge < -0.3 is 4.18 Å². The van der Waals surface area contributed by atoms with Crippen LogP contribution < -0.4 is 14.4 Å². The van der Waals surface area contributed by atoms with Gasteiger partial charge in [0.1, 0.15) is 22.0 Å². The number of nitrogens with zero attached hydrogens (tertiary/aromatic N) is 1. The van der Waals surface area contributed by atoms with Crippen molar-refractivity contribution >= 4 is 55.7 Å². The third-order valence-electron chi connectivity index (χ3n) is 4.69. The minimum Gasteiger partial charge on any atom is -0.378 e. The number of benzene rings is 3. The normalized spacial score (nSPS) is 15.4. The smallest absolute Gasteiger partial charge is 0.339 e. The van der Waals surface area contributed by atoms with Crippen LogP contribution in [0.5, 0.6) is 5.75 Å². The predicted molar refractivity (Wildman–Crippen MR) is 124 cm³/mol. The maximum absolute atomic E-state index is 13.3. The number of halogens is 2. The summed E-state index contributed by atoms with van der Waals surface area (Å²) in [6.45, 7) is 0. The molecular weight excluding hydrogens is 531 g/mol. The lowest BCUT2D eigenvalue weighted by atomic mass is 10.1. The van der Waals surface area contributed by atoms with E-state index in [1.165, 1.54) is 54.6 Å². The summed E-state index contributed by atoms with van der Waals surface area (Å²) in [6.07, 6.45) is 1.11. The zero-order valence-corrected chi connectivity index (χ0v) is 19.5. The van der Waals surface area contributed by atoms with E-state index in [2.05, 4.69) is 15.9 Å². The van der Waals surface area contributed by atoms with Gasteiger partial charge in [-0.1, -0.05) is 34.1 Å². The number of carbonyl (C=O) groups is 3. The minimum absolute atomic E-state index is 0.0414. The van der Waals surface area contributed by atoms with Crippen LogP contribution in [-0.2, 0) is 19.7 Å². The molecule has 0 bridgehead atoms. The maximum Gasteiger partial charge on any atom is 0.339 e. The molecule has 1 saturated heterocycles. The average Bonchev–Trinajstić information content (AvgIpc) is 2.80. The van der Waals surface area contributed by atoms with E-state index < -0.39 is 39.4 Å². The highest BCUT2D eigenvalue weighted by atomic mass is 79.9. The first kappa shape index (κ1) is 23.3. The third kappa shape index (κ3) is 4.75. The topological polar surface area (TPSA) is 110 Å². The van der Waals surface area contributed by atoms with Gasteiger partial charge in [-0.05, 0) is 60.7 Å². The number of anilines is 1. The Morgan fingerprint density at radius 2 is 1.62 bits per heavy atom. The van der Waals surface area contributed by atoms with Gasteiger partial charge in [0.2, 0.25) is 0 Å². The van der Waals surface area contributed by atoms with Gasteiger partial charge in [0.15, 0.2) is 0 Å². The summed E-state index contributed by atoms with van der Waals surface area (Å²) < 4.78 is 44.4. The molecule has 3 aromatic carbocycles. The summed E-state index contributed by atoms with van der Waals surface area (Å²) >= 11 is 3.26.